The number of benzene rings is 2. The van der Waals surface area contributed by atoms with E-state index in [4.69, 9.17) is 0 Å². The van der Waals surface area contributed by atoms with Crippen LogP contribution in [-0.4, -0.2) is 44.2 Å². The van der Waals surface area contributed by atoms with Crippen LogP contribution in [0.4, 0.5) is 5.69 Å². The predicted molar refractivity (Wildman–Crippen MR) is 114 cm³/mol. The molecule has 2 aromatic rings. The van der Waals surface area contributed by atoms with Crippen molar-refractivity contribution in [1.82, 2.24) is 9.62 Å². The van der Waals surface area contributed by atoms with Gasteiger partial charge in [-0.2, -0.15) is 4.31 Å². The van der Waals surface area contributed by atoms with Crippen LogP contribution in [0, 0.1) is 6.92 Å². The van der Waals surface area contributed by atoms with Crippen molar-refractivity contribution in [2.45, 2.75) is 32.6 Å². The maximum absolute atomic E-state index is 12.9. The largest absolute Gasteiger partial charge is 0.352 e. The van der Waals surface area contributed by atoms with Gasteiger partial charge >= 0.3 is 0 Å². The van der Waals surface area contributed by atoms with Crippen LogP contribution in [0.3, 0.4) is 0 Å². The Kier molecular flexibility index (Phi) is 7.53. The zero-order chi connectivity index (χ0) is 21.6. The van der Waals surface area contributed by atoms with Crippen LogP contribution in [0.5, 0.6) is 0 Å². The van der Waals surface area contributed by atoms with Gasteiger partial charge in [0.05, 0.1) is 16.1 Å². The summed E-state index contributed by atoms with van der Waals surface area (Å²) in [6, 6.07) is 11.2. The predicted octanol–water partition coefficient (Wildman–Crippen LogP) is 3.03. The number of para-hydroxylation sites is 1. The van der Waals surface area contributed by atoms with Gasteiger partial charge in [-0.3, -0.25) is 9.59 Å². The second-order valence-electron chi connectivity index (χ2n) is 6.43. The van der Waals surface area contributed by atoms with Crippen molar-refractivity contribution in [3.63, 3.8) is 0 Å². The molecule has 0 heterocycles. The fourth-order valence-corrected chi connectivity index (χ4v) is 4.44. The quantitative estimate of drug-likeness (QED) is 0.690. The molecule has 0 bridgehead atoms. The molecule has 0 aromatic heterocycles. The third-order valence-corrected chi connectivity index (χ3v) is 6.60. The Balaban J connectivity index is 2.40. The first kappa shape index (κ1) is 22.6. The lowest BCUT2D eigenvalue weighted by Crippen LogP contribution is -2.31. The number of amides is 2. The molecule has 0 atom stereocenters. The molecule has 0 saturated heterocycles. The van der Waals surface area contributed by atoms with Gasteiger partial charge < -0.3 is 10.6 Å². The van der Waals surface area contributed by atoms with Crippen molar-refractivity contribution in [2.75, 3.05) is 25.0 Å². The summed E-state index contributed by atoms with van der Waals surface area (Å²) in [5.74, 6) is -0.770. The molecule has 2 amide bonds. The van der Waals surface area contributed by atoms with Crippen molar-refractivity contribution in [1.29, 1.82) is 0 Å². The highest BCUT2D eigenvalue weighted by Gasteiger charge is 2.24. The molecule has 2 aromatic carbocycles. The van der Waals surface area contributed by atoms with Gasteiger partial charge in [0, 0.05) is 25.2 Å². The van der Waals surface area contributed by atoms with Gasteiger partial charge in [-0.25, -0.2) is 8.42 Å². The summed E-state index contributed by atoms with van der Waals surface area (Å²) >= 11 is 0. The van der Waals surface area contributed by atoms with Crippen molar-refractivity contribution in [2.24, 2.45) is 0 Å². The first-order valence-electron chi connectivity index (χ1n) is 9.55. The number of nitrogens with one attached hydrogen (secondary N) is 2. The van der Waals surface area contributed by atoms with E-state index >= 15 is 0 Å². The summed E-state index contributed by atoms with van der Waals surface area (Å²) in [5, 5.41) is 5.44. The summed E-state index contributed by atoms with van der Waals surface area (Å²) in [7, 11) is -3.69. The molecular weight excluding hydrogens is 390 g/mol. The standard InChI is InChI=1S/C21H27N3O4S/c1-5-22-20(25)17-10-8-9-11-19(17)23-21(26)18-14-16(13-12-15(18)4)29(27,28)24(6-2)7-3/h8-14H,5-7H2,1-4H3,(H,22,25)(H,23,26). The Hall–Kier alpha value is -2.71. The Morgan fingerprint density at radius 2 is 1.59 bits per heavy atom. The van der Waals surface area contributed by atoms with E-state index < -0.39 is 15.9 Å². The summed E-state index contributed by atoms with van der Waals surface area (Å²) in [4.78, 5) is 25.2. The van der Waals surface area contributed by atoms with Gasteiger partial charge in [-0.15, -0.1) is 0 Å². The van der Waals surface area contributed by atoms with E-state index in [1.165, 1.54) is 16.4 Å². The maximum Gasteiger partial charge on any atom is 0.255 e. The Bertz CT molecular complexity index is 999. The zero-order valence-corrected chi connectivity index (χ0v) is 18.0. The SMILES string of the molecule is CCNC(=O)c1ccccc1NC(=O)c1cc(S(=O)(=O)N(CC)CC)ccc1C. The smallest absolute Gasteiger partial charge is 0.255 e. The van der Waals surface area contributed by atoms with E-state index in [0.717, 1.165) is 0 Å². The zero-order valence-electron chi connectivity index (χ0n) is 17.2. The highest BCUT2D eigenvalue weighted by atomic mass is 32.2. The second-order valence-corrected chi connectivity index (χ2v) is 8.36. The molecule has 2 N–H and O–H groups in total. The molecular formula is C21H27N3O4S. The molecule has 0 fully saturated rings. The molecule has 0 aliphatic heterocycles. The summed E-state index contributed by atoms with van der Waals surface area (Å²) in [5.41, 5.74) is 1.58. The molecule has 29 heavy (non-hydrogen) atoms. The molecule has 0 aliphatic rings. The van der Waals surface area contributed by atoms with Crippen molar-refractivity contribution < 1.29 is 18.0 Å². The molecule has 0 unspecified atom stereocenters. The topological polar surface area (TPSA) is 95.6 Å². The summed E-state index contributed by atoms with van der Waals surface area (Å²) in [6.45, 7) is 8.22. The third kappa shape index (κ3) is 5.02. The van der Waals surface area contributed by atoms with Gasteiger partial charge in [0.25, 0.3) is 11.8 Å². The Morgan fingerprint density at radius 1 is 0.931 bits per heavy atom. The summed E-state index contributed by atoms with van der Waals surface area (Å²) in [6.07, 6.45) is 0. The lowest BCUT2D eigenvalue weighted by Gasteiger charge is -2.19. The van der Waals surface area contributed by atoms with Gasteiger partial charge in [-0.05, 0) is 43.7 Å². The van der Waals surface area contributed by atoms with Crippen LogP contribution in [0.15, 0.2) is 47.4 Å². The van der Waals surface area contributed by atoms with Crippen LogP contribution < -0.4 is 10.6 Å². The lowest BCUT2D eigenvalue weighted by molar-refractivity contribution is 0.0956. The lowest BCUT2D eigenvalue weighted by atomic mass is 10.1. The maximum atomic E-state index is 12.9. The minimum absolute atomic E-state index is 0.0639. The number of rotatable bonds is 8. The van der Waals surface area contributed by atoms with Crippen LogP contribution >= 0.6 is 0 Å². The first-order chi connectivity index (χ1) is 13.8. The van der Waals surface area contributed by atoms with E-state index in [-0.39, 0.29) is 16.4 Å². The molecule has 2 rings (SSSR count). The van der Waals surface area contributed by atoms with Crippen LogP contribution in [-0.2, 0) is 10.0 Å². The van der Waals surface area contributed by atoms with Crippen molar-refractivity contribution in [3.05, 3.63) is 59.2 Å². The minimum Gasteiger partial charge on any atom is -0.352 e. The molecule has 0 spiro atoms. The average molecular weight is 418 g/mol. The second kappa shape index (κ2) is 9.67. The van der Waals surface area contributed by atoms with Gasteiger partial charge in [0.1, 0.15) is 0 Å². The number of hydrogen-bond acceptors (Lipinski definition) is 4. The average Bonchev–Trinajstić information content (AvgIpc) is 2.69. The normalized spacial score (nSPS) is 11.3. The third-order valence-electron chi connectivity index (χ3n) is 4.55. The van der Waals surface area contributed by atoms with Gasteiger partial charge in [-0.1, -0.05) is 32.0 Å². The Morgan fingerprint density at radius 3 is 2.21 bits per heavy atom. The van der Waals surface area contributed by atoms with Gasteiger partial charge in [0.2, 0.25) is 10.0 Å². The van der Waals surface area contributed by atoms with Crippen LogP contribution in [0.2, 0.25) is 0 Å². The fourth-order valence-electron chi connectivity index (χ4n) is 2.95. The van der Waals surface area contributed by atoms with E-state index in [0.29, 0.717) is 36.4 Å². The van der Waals surface area contributed by atoms with Crippen molar-refractivity contribution >= 4 is 27.5 Å². The molecule has 7 nitrogen and oxygen atoms in total. The van der Waals surface area contributed by atoms with E-state index in [1.54, 1.807) is 51.1 Å². The number of hydrogen-bond donors (Lipinski definition) is 2. The van der Waals surface area contributed by atoms with E-state index in [1.807, 2.05) is 6.92 Å². The molecule has 156 valence electrons. The van der Waals surface area contributed by atoms with Gasteiger partial charge in [0.15, 0.2) is 0 Å². The van der Waals surface area contributed by atoms with Crippen LogP contribution in [0.1, 0.15) is 47.1 Å². The Labute approximate surface area is 172 Å². The van der Waals surface area contributed by atoms with E-state index in [9.17, 15) is 18.0 Å². The molecule has 0 radical (unpaired) electrons. The number of carbonyl (C=O) groups is 2. The monoisotopic (exact) mass is 417 g/mol. The number of nitrogens with zero attached hydrogens (tertiary/aromatic N) is 1. The first-order valence-corrected chi connectivity index (χ1v) is 11.0. The molecule has 0 aliphatic carbocycles. The highest BCUT2D eigenvalue weighted by molar-refractivity contribution is 7.89. The minimum atomic E-state index is -3.69. The molecule has 8 heteroatoms. The number of aryl methyl sites for hydroxylation is 1. The van der Waals surface area contributed by atoms with E-state index in [2.05, 4.69) is 10.6 Å². The fraction of sp³-hybridized carbons (Fsp3) is 0.333. The summed E-state index contributed by atoms with van der Waals surface area (Å²) < 4.78 is 26.9. The number of anilines is 1. The van der Waals surface area contributed by atoms with Crippen LogP contribution in [0.25, 0.3) is 0 Å². The van der Waals surface area contributed by atoms with Crippen molar-refractivity contribution in [3.8, 4) is 0 Å². The number of carbonyl (C=O) groups excluding carboxylic acids is 2. The highest BCUT2D eigenvalue weighted by Crippen LogP contribution is 2.22. The molecule has 0 saturated carbocycles. The number of sulfonamides is 1.